The Labute approximate surface area is 95.4 Å². The topological polar surface area (TPSA) is 66.8 Å². The van der Waals surface area contributed by atoms with Crippen LogP contribution in [-0.4, -0.2) is 15.8 Å². The molecule has 0 spiro atoms. The highest BCUT2D eigenvalue weighted by atomic mass is 31.2. The summed E-state index contributed by atoms with van der Waals surface area (Å²) in [5, 5.41) is 9.42. The molecule has 2 atom stereocenters. The minimum atomic E-state index is -3.91. The largest absolute Gasteiger partial charge is 0.380 e. The molecule has 0 heterocycles. The van der Waals surface area contributed by atoms with Crippen LogP contribution in [0.5, 0.6) is 0 Å². The van der Waals surface area contributed by atoms with E-state index in [1.807, 2.05) is 25.1 Å². The lowest BCUT2D eigenvalue weighted by molar-refractivity contribution is 0.160. The molecule has 16 heavy (non-hydrogen) atoms. The Kier molecular flexibility index (Phi) is 5.16. The van der Waals surface area contributed by atoms with Crippen molar-refractivity contribution in [2.45, 2.75) is 32.2 Å². The van der Waals surface area contributed by atoms with Gasteiger partial charge < -0.3 is 14.5 Å². The maximum atomic E-state index is 11.6. The van der Waals surface area contributed by atoms with Gasteiger partial charge in [0.15, 0.2) is 5.85 Å². The van der Waals surface area contributed by atoms with E-state index < -0.39 is 13.4 Å². The van der Waals surface area contributed by atoms with Gasteiger partial charge in [0.1, 0.15) is 0 Å². The molecule has 1 aromatic carbocycles. The molecule has 1 rings (SSSR count). The zero-order valence-corrected chi connectivity index (χ0v) is 10.1. The second-order valence-corrected chi connectivity index (χ2v) is 5.57. The minimum absolute atomic E-state index is 0.0371. The molecule has 0 amide bonds. The molecule has 0 saturated heterocycles. The molecule has 0 saturated carbocycles. The van der Waals surface area contributed by atoms with Gasteiger partial charge in [-0.2, -0.15) is 0 Å². The number of rotatable bonds is 6. The summed E-state index contributed by atoms with van der Waals surface area (Å²) >= 11 is 0. The summed E-state index contributed by atoms with van der Waals surface area (Å²) in [6.45, 7) is 1.87. The minimum Gasteiger partial charge on any atom is -0.380 e. The van der Waals surface area contributed by atoms with Gasteiger partial charge in [-0.1, -0.05) is 43.7 Å². The van der Waals surface area contributed by atoms with E-state index in [4.69, 9.17) is 4.52 Å². The molecule has 0 aliphatic carbocycles. The first-order chi connectivity index (χ1) is 7.56. The molecule has 0 fully saturated rings. The molecule has 0 aromatic heterocycles. The zero-order valence-electron chi connectivity index (χ0n) is 9.24. The summed E-state index contributed by atoms with van der Waals surface area (Å²) in [7, 11) is -3.91. The third-order valence-electron chi connectivity index (χ3n) is 2.18. The fourth-order valence-corrected chi connectivity index (χ4v) is 2.34. The second-order valence-electron chi connectivity index (χ2n) is 3.59. The van der Waals surface area contributed by atoms with Crippen LogP contribution in [0, 0.1) is 0 Å². The Balaban J connectivity index is 2.51. The predicted molar refractivity (Wildman–Crippen MR) is 62.0 cm³/mol. The first-order valence-corrected chi connectivity index (χ1v) is 6.90. The van der Waals surface area contributed by atoms with Gasteiger partial charge in [0.2, 0.25) is 0 Å². The molecule has 2 unspecified atom stereocenters. The molecule has 0 aliphatic heterocycles. The van der Waals surface area contributed by atoms with Crippen molar-refractivity contribution in [3.63, 3.8) is 0 Å². The van der Waals surface area contributed by atoms with Gasteiger partial charge in [-0.15, -0.1) is 0 Å². The van der Waals surface area contributed by atoms with Crippen molar-refractivity contribution in [1.82, 2.24) is 0 Å². The predicted octanol–water partition coefficient (Wildman–Crippen LogP) is 2.51. The van der Waals surface area contributed by atoms with Crippen LogP contribution >= 0.6 is 7.60 Å². The number of aliphatic hydroxyl groups excluding tert-OH is 1. The molecular weight excluding hydrogens is 227 g/mol. The van der Waals surface area contributed by atoms with Crippen molar-refractivity contribution in [1.29, 1.82) is 0 Å². The van der Waals surface area contributed by atoms with Gasteiger partial charge in [-0.05, 0) is 12.0 Å². The molecular formula is C11H17O4P. The Morgan fingerprint density at radius 3 is 2.56 bits per heavy atom. The zero-order chi connectivity index (χ0) is 12.0. The SMILES string of the molecule is CCCC(O)P(=O)(O)OCc1ccccc1. The van der Waals surface area contributed by atoms with E-state index in [1.165, 1.54) is 0 Å². The normalized spacial score (nSPS) is 16.7. The van der Waals surface area contributed by atoms with E-state index in [9.17, 15) is 14.6 Å². The Morgan fingerprint density at radius 1 is 1.38 bits per heavy atom. The second kappa shape index (κ2) is 6.16. The van der Waals surface area contributed by atoms with Crippen molar-refractivity contribution in [3.8, 4) is 0 Å². The van der Waals surface area contributed by atoms with E-state index in [0.29, 0.717) is 6.42 Å². The van der Waals surface area contributed by atoms with Crippen LogP contribution in [-0.2, 0) is 15.7 Å². The third kappa shape index (κ3) is 4.06. The van der Waals surface area contributed by atoms with Gasteiger partial charge in [0.05, 0.1) is 6.61 Å². The maximum absolute atomic E-state index is 11.6. The van der Waals surface area contributed by atoms with E-state index in [2.05, 4.69) is 0 Å². The molecule has 1 aromatic rings. The molecule has 2 N–H and O–H groups in total. The van der Waals surface area contributed by atoms with Gasteiger partial charge >= 0.3 is 7.60 Å². The van der Waals surface area contributed by atoms with Crippen molar-refractivity contribution in [2.75, 3.05) is 0 Å². The Hall–Kier alpha value is -0.670. The summed E-state index contributed by atoms with van der Waals surface area (Å²) < 4.78 is 16.5. The van der Waals surface area contributed by atoms with Crippen LogP contribution in [0.2, 0.25) is 0 Å². The smallest absolute Gasteiger partial charge is 0.356 e. The lowest BCUT2D eigenvalue weighted by Crippen LogP contribution is -2.09. The van der Waals surface area contributed by atoms with Crippen LogP contribution < -0.4 is 0 Å². The lowest BCUT2D eigenvalue weighted by Gasteiger charge is -2.17. The summed E-state index contributed by atoms with van der Waals surface area (Å²) in [6.07, 6.45) is 0.906. The van der Waals surface area contributed by atoms with Gasteiger partial charge in [0.25, 0.3) is 0 Å². The van der Waals surface area contributed by atoms with Crippen molar-refractivity contribution < 1.29 is 19.1 Å². The van der Waals surface area contributed by atoms with Crippen LogP contribution in [0.15, 0.2) is 30.3 Å². The summed E-state index contributed by atoms with van der Waals surface area (Å²) in [5.41, 5.74) is 0.806. The van der Waals surface area contributed by atoms with Crippen molar-refractivity contribution in [2.24, 2.45) is 0 Å². The average molecular weight is 244 g/mol. The molecule has 0 aliphatic rings. The van der Waals surface area contributed by atoms with Crippen LogP contribution in [0.4, 0.5) is 0 Å². The standard InChI is InChI=1S/C11H17O4P/c1-2-6-11(12)16(13,14)15-9-10-7-4-3-5-8-10/h3-5,7-8,11-12H,2,6,9H2,1H3,(H,13,14). The molecule has 5 heteroatoms. The monoisotopic (exact) mass is 244 g/mol. The van der Waals surface area contributed by atoms with Crippen molar-refractivity contribution >= 4 is 7.60 Å². The van der Waals surface area contributed by atoms with E-state index in [1.54, 1.807) is 12.1 Å². The number of hydrogen-bond acceptors (Lipinski definition) is 3. The van der Waals surface area contributed by atoms with Gasteiger partial charge in [0, 0.05) is 0 Å². The Bertz CT molecular complexity index is 352. The van der Waals surface area contributed by atoms with E-state index in [0.717, 1.165) is 5.56 Å². The maximum Gasteiger partial charge on any atom is 0.356 e. The van der Waals surface area contributed by atoms with Gasteiger partial charge in [-0.25, -0.2) is 0 Å². The van der Waals surface area contributed by atoms with Crippen LogP contribution in [0.25, 0.3) is 0 Å². The summed E-state index contributed by atoms with van der Waals surface area (Å²) in [6, 6.07) is 9.10. The van der Waals surface area contributed by atoms with Gasteiger partial charge in [-0.3, -0.25) is 4.57 Å². The van der Waals surface area contributed by atoms with Crippen molar-refractivity contribution in [3.05, 3.63) is 35.9 Å². The number of hydrogen-bond donors (Lipinski definition) is 2. The highest BCUT2D eigenvalue weighted by molar-refractivity contribution is 7.53. The molecule has 90 valence electrons. The number of aliphatic hydroxyl groups is 1. The first-order valence-electron chi connectivity index (χ1n) is 5.25. The lowest BCUT2D eigenvalue weighted by atomic mass is 10.2. The summed E-state index contributed by atoms with van der Waals surface area (Å²) in [5.74, 6) is -1.29. The quantitative estimate of drug-likeness (QED) is 0.754. The van der Waals surface area contributed by atoms with Crippen LogP contribution in [0.1, 0.15) is 25.3 Å². The molecule has 0 radical (unpaired) electrons. The third-order valence-corrected chi connectivity index (χ3v) is 3.69. The highest BCUT2D eigenvalue weighted by Gasteiger charge is 2.29. The van der Waals surface area contributed by atoms with Crippen LogP contribution in [0.3, 0.4) is 0 Å². The number of benzene rings is 1. The van der Waals surface area contributed by atoms with E-state index in [-0.39, 0.29) is 13.0 Å². The average Bonchev–Trinajstić information content (AvgIpc) is 2.28. The van der Waals surface area contributed by atoms with E-state index >= 15 is 0 Å². The Morgan fingerprint density at radius 2 is 2.00 bits per heavy atom. The molecule has 0 bridgehead atoms. The first kappa shape index (κ1) is 13.4. The molecule has 4 nitrogen and oxygen atoms in total. The summed E-state index contributed by atoms with van der Waals surface area (Å²) in [4.78, 5) is 9.46. The fraction of sp³-hybridized carbons (Fsp3) is 0.455. The highest BCUT2D eigenvalue weighted by Crippen LogP contribution is 2.48. The fourth-order valence-electron chi connectivity index (χ4n) is 1.25.